The minimum absolute atomic E-state index is 0. The Morgan fingerprint density at radius 2 is 1.43 bits per heavy atom. The SMILES string of the molecule is CC.CC.C[B]C.C[B]C.[CH-]=Cc1[c-]nc(C[B]C)nc1N1CCCCC1.[Y]. The fraction of sp³-hybridized carbons (Fsp3) is 0.714. The molecule has 0 amide bonds. The molecule has 4 radical (unpaired) electrons. The van der Waals surface area contributed by atoms with Crippen LogP contribution in [0.5, 0.6) is 0 Å². The second-order valence-corrected chi connectivity index (χ2v) is 5.47. The van der Waals surface area contributed by atoms with Crippen molar-refractivity contribution in [3.63, 3.8) is 0 Å². The largest absolute Gasteiger partial charge is 0.410 e. The molecule has 0 aliphatic carbocycles. The van der Waals surface area contributed by atoms with E-state index in [1.807, 2.05) is 76.4 Å². The third-order valence-electron chi connectivity index (χ3n) is 2.99. The molecule has 154 valence electrons. The summed E-state index contributed by atoms with van der Waals surface area (Å²) in [6.07, 6.45) is 9.07. The maximum Gasteiger partial charge on any atom is 0.104 e. The maximum atomic E-state index is 5.61. The Bertz CT molecular complexity index is 427. The van der Waals surface area contributed by atoms with Crippen LogP contribution in [0.25, 0.3) is 6.08 Å². The fourth-order valence-electron chi connectivity index (χ4n) is 2.11. The first-order valence-electron chi connectivity index (χ1n) is 10.5. The number of hydrogen-bond acceptors (Lipinski definition) is 3. The van der Waals surface area contributed by atoms with Gasteiger partial charge in [-0.05, 0) is 25.1 Å². The zero-order valence-corrected chi connectivity index (χ0v) is 22.9. The predicted molar refractivity (Wildman–Crippen MR) is 129 cm³/mol. The van der Waals surface area contributed by atoms with Gasteiger partial charge in [0.15, 0.2) is 0 Å². The average molecular weight is 457 g/mol. The Balaban J connectivity index is -0.000000225. The topological polar surface area (TPSA) is 29.0 Å². The molecule has 1 aromatic rings. The van der Waals surface area contributed by atoms with Crippen LogP contribution in [0.15, 0.2) is 0 Å². The summed E-state index contributed by atoms with van der Waals surface area (Å²) in [5, 5.41) is 0. The summed E-state index contributed by atoms with van der Waals surface area (Å²) in [5.74, 6) is 1.76. The third kappa shape index (κ3) is 18.0. The summed E-state index contributed by atoms with van der Waals surface area (Å²) in [7, 11) is 6.05. The molecule has 1 aromatic heterocycles. The first-order valence-corrected chi connectivity index (χ1v) is 10.5. The van der Waals surface area contributed by atoms with Gasteiger partial charge in [-0.3, -0.25) is 0 Å². The minimum Gasteiger partial charge on any atom is -0.410 e. The van der Waals surface area contributed by atoms with Crippen LogP contribution in [-0.2, 0) is 39.0 Å². The molecule has 0 N–H and O–H groups in total. The van der Waals surface area contributed by atoms with Crippen molar-refractivity contribution in [1.29, 1.82) is 0 Å². The second kappa shape index (κ2) is 29.1. The Hall–Kier alpha value is -0.0813. The van der Waals surface area contributed by atoms with Gasteiger partial charge in [0, 0.05) is 51.6 Å². The van der Waals surface area contributed by atoms with E-state index < -0.39 is 0 Å². The van der Waals surface area contributed by atoms with Crippen molar-refractivity contribution in [1.82, 2.24) is 9.97 Å². The van der Waals surface area contributed by atoms with E-state index >= 15 is 0 Å². The van der Waals surface area contributed by atoms with Gasteiger partial charge in [-0.1, -0.05) is 68.1 Å². The number of aromatic nitrogens is 2. The molecule has 7 heteroatoms. The molecular formula is C21H41B3N3Y-2. The van der Waals surface area contributed by atoms with E-state index in [1.165, 1.54) is 19.3 Å². The maximum absolute atomic E-state index is 5.61. The Morgan fingerprint density at radius 3 is 1.82 bits per heavy atom. The molecule has 0 aromatic carbocycles. The number of nitrogens with zero attached hydrogens (tertiary/aromatic N) is 3. The van der Waals surface area contributed by atoms with E-state index in [2.05, 4.69) is 28.3 Å². The second-order valence-electron chi connectivity index (χ2n) is 5.47. The molecule has 1 saturated heterocycles. The summed E-state index contributed by atoms with van der Waals surface area (Å²) in [4.78, 5) is 11.1. The monoisotopic (exact) mass is 457 g/mol. The summed E-state index contributed by atoms with van der Waals surface area (Å²) in [5.41, 5.74) is 0.812. The van der Waals surface area contributed by atoms with E-state index in [-0.39, 0.29) is 32.7 Å². The first kappa shape index (κ1) is 35.4. The van der Waals surface area contributed by atoms with Gasteiger partial charge in [-0.25, -0.2) is 5.56 Å². The zero-order chi connectivity index (χ0) is 21.5. The molecule has 1 aliphatic heterocycles. The standard InChI is InChI=1S/C13H17BN3.2C2H6B.2C2H6.Y/c1-3-11-10-15-12(9-14-2)16-13(11)17-7-5-4-6-8-17;2*1-3-2;2*1-2;/h1,3H,4-9H2,2H3;2*1-2H3;2*1-2H3;/q-2;;;;;. The number of anilines is 1. The molecular weight excluding hydrogens is 416 g/mol. The number of rotatable bonds is 4. The van der Waals surface area contributed by atoms with Crippen molar-refractivity contribution < 1.29 is 32.7 Å². The van der Waals surface area contributed by atoms with Crippen LogP contribution in [-0.4, -0.2) is 44.9 Å². The van der Waals surface area contributed by atoms with Gasteiger partial charge in [0.1, 0.15) is 21.8 Å². The first-order chi connectivity index (χ1) is 13.2. The fourth-order valence-corrected chi connectivity index (χ4v) is 2.11. The molecule has 0 atom stereocenters. The van der Waals surface area contributed by atoms with E-state index in [0.717, 1.165) is 36.6 Å². The van der Waals surface area contributed by atoms with E-state index in [0.29, 0.717) is 0 Å². The van der Waals surface area contributed by atoms with Crippen molar-refractivity contribution >= 4 is 33.7 Å². The van der Waals surface area contributed by atoms with Gasteiger partial charge in [0.2, 0.25) is 0 Å². The quantitative estimate of drug-likeness (QED) is 0.437. The minimum atomic E-state index is 0. The van der Waals surface area contributed by atoms with Crippen molar-refractivity contribution in [3.05, 3.63) is 24.2 Å². The van der Waals surface area contributed by atoms with Gasteiger partial charge < -0.3 is 27.5 Å². The summed E-state index contributed by atoms with van der Waals surface area (Å²) >= 11 is 0. The molecule has 0 unspecified atom stereocenters. The number of hydrogen-bond donors (Lipinski definition) is 0. The zero-order valence-electron chi connectivity index (χ0n) is 20.0. The van der Waals surface area contributed by atoms with Gasteiger partial charge in [-0.2, -0.15) is 0 Å². The van der Waals surface area contributed by atoms with Crippen LogP contribution in [0.4, 0.5) is 5.82 Å². The molecule has 1 aliphatic rings. The molecule has 3 nitrogen and oxygen atoms in total. The van der Waals surface area contributed by atoms with E-state index in [9.17, 15) is 0 Å². The van der Waals surface area contributed by atoms with Gasteiger partial charge in [0.05, 0.1) is 0 Å². The summed E-state index contributed by atoms with van der Waals surface area (Å²) < 4.78 is 0. The van der Waals surface area contributed by atoms with Gasteiger partial charge in [-0.15, -0.1) is 6.20 Å². The van der Waals surface area contributed by atoms with Crippen LogP contribution in [0.1, 0.15) is 58.3 Å². The smallest absolute Gasteiger partial charge is 0.104 e. The van der Waals surface area contributed by atoms with Crippen molar-refractivity contribution in [3.8, 4) is 0 Å². The Kier molecular flexibility index (Phi) is 36.8. The van der Waals surface area contributed by atoms with Crippen LogP contribution in [0.2, 0.25) is 34.1 Å². The van der Waals surface area contributed by atoms with E-state index in [1.54, 1.807) is 6.08 Å². The van der Waals surface area contributed by atoms with Gasteiger partial charge >= 0.3 is 0 Å². The molecule has 1 fully saturated rings. The van der Waals surface area contributed by atoms with Crippen LogP contribution in [0, 0.1) is 12.8 Å². The van der Waals surface area contributed by atoms with Crippen molar-refractivity contribution in [2.45, 2.75) is 87.4 Å². The third-order valence-corrected chi connectivity index (χ3v) is 2.99. The van der Waals surface area contributed by atoms with E-state index in [4.69, 9.17) is 6.58 Å². The normalized spacial score (nSPS) is 11.0. The van der Waals surface area contributed by atoms with Crippen LogP contribution < -0.4 is 4.90 Å². The average Bonchev–Trinajstić information content (AvgIpc) is 2.73. The van der Waals surface area contributed by atoms with Crippen LogP contribution >= 0.6 is 0 Å². The molecule has 28 heavy (non-hydrogen) atoms. The predicted octanol–water partition coefficient (Wildman–Crippen LogP) is 5.59. The van der Waals surface area contributed by atoms with Crippen molar-refractivity contribution in [2.24, 2.45) is 0 Å². The molecule has 0 bridgehead atoms. The molecule has 0 spiro atoms. The Morgan fingerprint density at radius 1 is 0.964 bits per heavy atom. The van der Waals surface area contributed by atoms with Crippen molar-refractivity contribution in [2.75, 3.05) is 18.0 Å². The van der Waals surface area contributed by atoms with Gasteiger partial charge in [0.25, 0.3) is 0 Å². The molecule has 2 heterocycles. The summed E-state index contributed by atoms with van der Waals surface area (Å²) in [6, 6.07) is 0. The molecule has 2 rings (SSSR count). The summed E-state index contributed by atoms with van der Waals surface area (Å²) in [6.45, 7) is 25.7. The van der Waals surface area contributed by atoms with Crippen LogP contribution in [0.3, 0.4) is 0 Å². The number of piperidine rings is 1. The Labute approximate surface area is 205 Å². The molecule has 0 saturated carbocycles.